The molecule has 1 heterocycles. The monoisotopic (exact) mass is 263 g/mol. The number of aryl methyl sites for hydroxylation is 1. The van der Waals surface area contributed by atoms with Crippen LogP contribution in [0, 0.1) is 0 Å². The average molecular weight is 263 g/mol. The van der Waals surface area contributed by atoms with E-state index >= 15 is 0 Å². The fourth-order valence-electron chi connectivity index (χ4n) is 2.63. The molecule has 0 aromatic carbocycles. The van der Waals surface area contributed by atoms with Crippen LogP contribution in [0.1, 0.15) is 43.7 Å². The Labute approximate surface area is 111 Å². The average Bonchev–Trinajstić information content (AvgIpc) is 2.98. The highest BCUT2D eigenvalue weighted by Gasteiger charge is 2.20. The van der Waals surface area contributed by atoms with Crippen LogP contribution in [0.2, 0.25) is 19.1 Å². The Bertz CT molecular complexity index is 391. The van der Waals surface area contributed by atoms with Gasteiger partial charge in [0, 0.05) is 18.7 Å². The summed E-state index contributed by atoms with van der Waals surface area (Å²) in [6.45, 7) is 9.68. The summed E-state index contributed by atoms with van der Waals surface area (Å²) in [5.74, 6) is 0.678. The quantitative estimate of drug-likeness (QED) is 0.732. The smallest absolute Gasteiger partial charge is 0.0857 e. The van der Waals surface area contributed by atoms with Crippen molar-refractivity contribution in [3.63, 3.8) is 0 Å². The van der Waals surface area contributed by atoms with Gasteiger partial charge in [-0.05, 0) is 19.3 Å². The van der Waals surface area contributed by atoms with Gasteiger partial charge in [0.25, 0.3) is 0 Å². The number of rotatable bonds is 6. The number of aromatic nitrogens is 3. The van der Waals surface area contributed by atoms with Gasteiger partial charge in [-0.1, -0.05) is 37.2 Å². The van der Waals surface area contributed by atoms with Crippen molar-refractivity contribution in [3.05, 3.63) is 24.2 Å². The molecule has 4 heteroatoms. The molecular weight excluding hydrogens is 238 g/mol. The second-order valence-electron chi connectivity index (χ2n) is 6.18. The van der Waals surface area contributed by atoms with Crippen molar-refractivity contribution in [2.45, 2.75) is 63.7 Å². The first-order valence-corrected chi connectivity index (χ1v) is 10.4. The first-order valence-electron chi connectivity index (χ1n) is 7.14. The SMILES string of the molecule is C=C[Si](C)(C)CCCn1cc(C2CCCC2)nn1. The van der Waals surface area contributed by atoms with Crippen molar-refractivity contribution in [2.24, 2.45) is 0 Å². The Morgan fingerprint density at radius 3 is 2.83 bits per heavy atom. The van der Waals surface area contributed by atoms with Gasteiger partial charge in [-0.2, -0.15) is 0 Å². The summed E-state index contributed by atoms with van der Waals surface area (Å²) < 4.78 is 2.03. The lowest BCUT2D eigenvalue weighted by atomic mass is 10.1. The highest BCUT2D eigenvalue weighted by molar-refractivity contribution is 6.82. The van der Waals surface area contributed by atoms with Crippen molar-refractivity contribution in [1.82, 2.24) is 15.0 Å². The fraction of sp³-hybridized carbons (Fsp3) is 0.714. The lowest BCUT2D eigenvalue weighted by molar-refractivity contribution is 0.576. The van der Waals surface area contributed by atoms with Crippen LogP contribution in [-0.2, 0) is 6.54 Å². The Kier molecular flexibility index (Phi) is 4.38. The summed E-state index contributed by atoms with van der Waals surface area (Å²) in [5.41, 5.74) is 3.39. The highest BCUT2D eigenvalue weighted by atomic mass is 28.3. The van der Waals surface area contributed by atoms with Crippen LogP contribution in [0.15, 0.2) is 18.5 Å². The molecule has 2 rings (SSSR count). The van der Waals surface area contributed by atoms with Crippen LogP contribution >= 0.6 is 0 Å². The second kappa shape index (κ2) is 5.82. The lowest BCUT2D eigenvalue weighted by Gasteiger charge is -2.16. The number of hydrogen-bond donors (Lipinski definition) is 0. The first-order chi connectivity index (χ1) is 8.61. The van der Waals surface area contributed by atoms with Crippen molar-refractivity contribution in [3.8, 4) is 0 Å². The minimum Gasteiger partial charge on any atom is -0.252 e. The minimum absolute atomic E-state index is 0.678. The normalized spacial score (nSPS) is 17.2. The van der Waals surface area contributed by atoms with Gasteiger partial charge in [0.15, 0.2) is 0 Å². The van der Waals surface area contributed by atoms with Crippen molar-refractivity contribution in [2.75, 3.05) is 0 Å². The molecule has 1 aliphatic carbocycles. The summed E-state index contributed by atoms with van der Waals surface area (Å²) >= 11 is 0. The zero-order chi connectivity index (χ0) is 13.0. The molecule has 0 aliphatic heterocycles. The summed E-state index contributed by atoms with van der Waals surface area (Å²) in [7, 11) is -1.15. The molecule has 1 saturated carbocycles. The van der Waals surface area contributed by atoms with Gasteiger partial charge in [-0.3, -0.25) is 4.68 Å². The highest BCUT2D eigenvalue weighted by Crippen LogP contribution is 2.32. The van der Waals surface area contributed by atoms with E-state index < -0.39 is 8.07 Å². The summed E-state index contributed by atoms with van der Waals surface area (Å²) in [6.07, 6.45) is 8.68. The van der Waals surface area contributed by atoms with Crippen LogP contribution < -0.4 is 0 Å². The largest absolute Gasteiger partial charge is 0.252 e. The van der Waals surface area contributed by atoms with Gasteiger partial charge in [-0.15, -0.1) is 17.4 Å². The predicted octanol–water partition coefficient (Wildman–Crippen LogP) is 3.76. The van der Waals surface area contributed by atoms with Crippen LogP contribution in [0.25, 0.3) is 0 Å². The topological polar surface area (TPSA) is 30.7 Å². The third kappa shape index (κ3) is 3.54. The maximum atomic E-state index is 4.34. The van der Waals surface area contributed by atoms with E-state index in [4.69, 9.17) is 0 Å². The molecule has 1 aromatic rings. The van der Waals surface area contributed by atoms with Gasteiger partial charge < -0.3 is 0 Å². The molecule has 1 aromatic heterocycles. The zero-order valence-corrected chi connectivity index (χ0v) is 12.7. The lowest BCUT2D eigenvalue weighted by Crippen LogP contribution is -2.22. The minimum atomic E-state index is -1.15. The molecule has 0 N–H and O–H groups in total. The fourth-order valence-corrected chi connectivity index (χ4v) is 3.90. The van der Waals surface area contributed by atoms with E-state index in [1.165, 1.54) is 43.8 Å². The molecule has 0 unspecified atom stereocenters. The van der Waals surface area contributed by atoms with Crippen molar-refractivity contribution >= 4 is 8.07 Å². The Hall–Kier alpha value is -0.903. The van der Waals surface area contributed by atoms with E-state index in [1.54, 1.807) is 0 Å². The van der Waals surface area contributed by atoms with Crippen LogP contribution in [0.5, 0.6) is 0 Å². The summed E-state index contributed by atoms with van der Waals surface area (Å²) in [6, 6.07) is 1.29. The van der Waals surface area contributed by atoms with Crippen LogP contribution in [0.4, 0.5) is 0 Å². The Balaban J connectivity index is 1.81. The van der Waals surface area contributed by atoms with E-state index in [9.17, 15) is 0 Å². The van der Waals surface area contributed by atoms with Gasteiger partial charge in [0.2, 0.25) is 0 Å². The van der Waals surface area contributed by atoms with Gasteiger partial charge in [0.1, 0.15) is 0 Å². The standard InChI is InChI=1S/C14H25N3Si/c1-4-18(2,3)11-7-10-17-12-14(15-16-17)13-8-5-6-9-13/h4,12-13H,1,5-11H2,2-3H3. The third-order valence-corrected chi connectivity index (χ3v) is 6.84. The van der Waals surface area contributed by atoms with Gasteiger partial charge in [-0.25, -0.2) is 0 Å². The van der Waals surface area contributed by atoms with Crippen molar-refractivity contribution < 1.29 is 0 Å². The maximum absolute atomic E-state index is 4.34. The predicted molar refractivity (Wildman–Crippen MR) is 78.3 cm³/mol. The first kappa shape index (κ1) is 13.5. The number of nitrogens with zero attached hydrogens (tertiary/aromatic N) is 3. The molecule has 0 amide bonds. The molecular formula is C14H25N3Si. The third-order valence-electron chi connectivity index (χ3n) is 4.09. The molecule has 0 atom stereocenters. The van der Waals surface area contributed by atoms with Gasteiger partial charge in [0.05, 0.1) is 13.8 Å². The molecule has 18 heavy (non-hydrogen) atoms. The molecule has 0 bridgehead atoms. The van der Waals surface area contributed by atoms with E-state index in [-0.39, 0.29) is 0 Å². The summed E-state index contributed by atoms with van der Waals surface area (Å²) in [5, 5.41) is 8.60. The molecule has 3 nitrogen and oxygen atoms in total. The second-order valence-corrected chi connectivity index (χ2v) is 11.1. The van der Waals surface area contributed by atoms with E-state index in [2.05, 4.69) is 41.9 Å². The van der Waals surface area contributed by atoms with E-state index in [0.717, 1.165) is 6.54 Å². The summed E-state index contributed by atoms with van der Waals surface area (Å²) in [4.78, 5) is 0. The maximum Gasteiger partial charge on any atom is 0.0857 e. The van der Waals surface area contributed by atoms with E-state index in [1.807, 2.05) is 4.68 Å². The molecule has 0 spiro atoms. The number of hydrogen-bond acceptors (Lipinski definition) is 2. The zero-order valence-electron chi connectivity index (χ0n) is 11.7. The van der Waals surface area contributed by atoms with Gasteiger partial charge >= 0.3 is 0 Å². The van der Waals surface area contributed by atoms with Crippen molar-refractivity contribution in [1.29, 1.82) is 0 Å². The molecule has 100 valence electrons. The molecule has 0 saturated heterocycles. The van der Waals surface area contributed by atoms with Crippen LogP contribution in [0.3, 0.4) is 0 Å². The molecule has 0 radical (unpaired) electrons. The van der Waals surface area contributed by atoms with E-state index in [0.29, 0.717) is 5.92 Å². The Morgan fingerprint density at radius 1 is 1.44 bits per heavy atom. The van der Waals surface area contributed by atoms with Crippen LogP contribution in [-0.4, -0.2) is 23.1 Å². The molecule has 1 aliphatic rings. The Morgan fingerprint density at radius 2 is 2.17 bits per heavy atom. The molecule has 1 fully saturated rings.